The van der Waals surface area contributed by atoms with E-state index in [0.29, 0.717) is 13.0 Å². The van der Waals surface area contributed by atoms with E-state index in [-0.39, 0.29) is 39.7 Å². The molecule has 0 bridgehead atoms. The quantitative estimate of drug-likeness (QED) is 0.728. The minimum Gasteiger partial charge on any atom is -0.475 e. The second kappa shape index (κ2) is 13.7. The van der Waals surface area contributed by atoms with Gasteiger partial charge in [-0.15, -0.1) is 0 Å². The molecule has 72 valence electrons. The summed E-state index contributed by atoms with van der Waals surface area (Å²) in [6.07, 6.45) is 0.347. The van der Waals surface area contributed by atoms with Crippen LogP contribution >= 0.6 is 0 Å². The Morgan fingerprint density at radius 2 is 2.25 bits per heavy atom. The van der Waals surface area contributed by atoms with Crippen LogP contribution in [0.25, 0.3) is 0 Å². The van der Waals surface area contributed by atoms with Crippen molar-refractivity contribution < 1.29 is 27.2 Å². The average molecular weight is 343 g/mol. The molecule has 12 heavy (non-hydrogen) atoms. The summed E-state index contributed by atoms with van der Waals surface area (Å²) in [5, 5.41) is 2.50. The summed E-state index contributed by atoms with van der Waals surface area (Å²) in [4.78, 5) is 10.3. The van der Waals surface area contributed by atoms with Gasteiger partial charge in [-0.25, -0.2) is 0 Å². The Balaban J connectivity index is -0.000000220. The van der Waals surface area contributed by atoms with Gasteiger partial charge in [-0.2, -0.15) is 0 Å². The van der Waals surface area contributed by atoms with Gasteiger partial charge in [-0.1, -0.05) is 6.90 Å². The molecule has 1 atom stereocenters. The number of Topliss-reactive ketones (excluding diaryl/α,β-unsaturated/α-hetero) is 1. The maximum absolute atomic E-state index is 10.3. The number of nitrogens with one attached hydrogen (secondary N) is 1. The first-order chi connectivity index (χ1) is 5.62. The molecule has 0 rings (SSSR count). The van der Waals surface area contributed by atoms with E-state index >= 15 is 0 Å². The monoisotopic (exact) mass is 343 g/mol. The van der Waals surface area contributed by atoms with Crippen molar-refractivity contribution in [3.63, 3.8) is 0 Å². The number of carbonyl (C=O) groups excluding carboxylic acids is 1. The smallest absolute Gasteiger partial charge is 0.475 e. The second-order valence-corrected chi connectivity index (χ2v) is 2.20. The first-order valence-electron chi connectivity index (χ1n) is 4.10. The average Bonchev–Trinajstić information content (AvgIpc) is 2.01. The van der Waals surface area contributed by atoms with Crippen molar-refractivity contribution in [2.45, 2.75) is 13.3 Å². The molecule has 0 aliphatic rings. The molecule has 0 aromatic carbocycles. The number of rotatable bonds is 3. The molecule has 0 aliphatic heterocycles. The Morgan fingerprint density at radius 3 is 2.33 bits per heavy atom. The van der Waals surface area contributed by atoms with Crippen LogP contribution in [0.5, 0.6) is 0 Å². The fourth-order valence-corrected chi connectivity index (χ4v) is 0.405. The van der Waals surface area contributed by atoms with Gasteiger partial charge in [0.1, 0.15) is 0 Å². The minimum absolute atomic E-state index is 0. The van der Waals surface area contributed by atoms with Gasteiger partial charge in [-0.3, -0.25) is 7.05 Å². The Morgan fingerprint density at radius 1 is 1.83 bits per heavy atom. The molecule has 3 nitrogen and oxygen atoms in total. The fourth-order valence-electron chi connectivity index (χ4n) is 0.405. The molecule has 0 amide bonds. The van der Waals surface area contributed by atoms with E-state index in [1.54, 1.807) is 7.05 Å². The zero-order valence-electron chi connectivity index (χ0n) is 8.51. The molecule has 0 aromatic rings. The first-order valence-corrected chi connectivity index (χ1v) is 3.40. The van der Waals surface area contributed by atoms with Gasteiger partial charge >= 0.3 is 21.1 Å². The maximum Gasteiger partial charge on any atom is 2.00 e. The van der Waals surface area contributed by atoms with Gasteiger partial charge in [0, 0.05) is 1.37 Å². The Hall–Kier alpha value is 0.148. The van der Waals surface area contributed by atoms with Crippen LogP contribution in [0.15, 0.2) is 0 Å². The van der Waals surface area contributed by atoms with Crippen LogP contribution in [-0.2, 0) is 25.9 Å². The van der Waals surface area contributed by atoms with Crippen molar-refractivity contribution in [2.75, 3.05) is 13.6 Å². The molecular formula is C8H18N2OW. The third-order valence-corrected chi connectivity index (χ3v) is 0.850. The zero-order chi connectivity index (χ0) is 9.98. The summed E-state index contributed by atoms with van der Waals surface area (Å²) in [7, 11) is 5.00. The van der Waals surface area contributed by atoms with E-state index in [2.05, 4.69) is 19.3 Å². The van der Waals surface area contributed by atoms with Crippen LogP contribution in [0.2, 0.25) is 0 Å². The molecule has 0 fully saturated rings. The van der Waals surface area contributed by atoms with E-state index in [0.717, 1.165) is 0 Å². The van der Waals surface area contributed by atoms with Crippen molar-refractivity contribution >= 4 is 5.78 Å². The van der Waals surface area contributed by atoms with Crippen molar-refractivity contribution in [1.82, 2.24) is 5.32 Å². The zero-order valence-corrected chi connectivity index (χ0v) is 10.4. The van der Waals surface area contributed by atoms with Crippen molar-refractivity contribution in [3.8, 4) is 0 Å². The topological polar surface area (TPSA) is 55.1 Å². The number of hydrogen-bond donors (Lipinski definition) is 2. The van der Waals surface area contributed by atoms with E-state index in [1.807, 2.05) is 0 Å². The summed E-state index contributed by atoms with van der Waals surface area (Å²) < 4.78 is 6.89. The molecular weight excluding hydrogens is 324 g/mol. The molecule has 1 unspecified atom stereocenters. The Kier molecular flexibility index (Phi) is 16.8. The van der Waals surface area contributed by atoms with Gasteiger partial charge in [0.25, 0.3) is 0 Å². The van der Waals surface area contributed by atoms with Crippen LogP contribution in [0.1, 0.15) is 14.7 Å². The number of nitrogens with two attached hydrogens (primary N) is 1. The molecule has 0 spiro atoms. The molecule has 0 saturated carbocycles. The summed E-state index contributed by atoms with van der Waals surface area (Å²) in [6.45, 7) is 3.82. The van der Waals surface area contributed by atoms with E-state index in [9.17, 15) is 4.79 Å². The summed E-state index contributed by atoms with van der Waals surface area (Å²) in [5.74, 6) is -0.118. The molecule has 3 N–H and O–H groups in total. The molecule has 0 aromatic heterocycles. The van der Waals surface area contributed by atoms with Gasteiger partial charge in [0.2, 0.25) is 0 Å². The minimum atomic E-state index is -0.127. The number of hydrogen-bond acceptors (Lipinski definition) is 3. The second-order valence-electron chi connectivity index (χ2n) is 2.20. The largest absolute Gasteiger partial charge is 2.00 e. The number of ketones is 1. The molecule has 0 aliphatic carbocycles. The van der Waals surface area contributed by atoms with E-state index in [1.165, 1.54) is 0 Å². The van der Waals surface area contributed by atoms with Gasteiger partial charge in [-0.05, 0) is 31.7 Å². The van der Waals surface area contributed by atoms with Gasteiger partial charge in [0.05, 0.1) is 0 Å². The standard InChI is InChI=1S/C6H12NO.C2H6N.W/c1-5(4-7)3-6(2)8;1-3-2;/h5H,2-4,7H2,1H3;3H,1H2,2H3;/q2*-1;+2/i1D;;. The van der Waals surface area contributed by atoms with Gasteiger partial charge < -0.3 is 22.8 Å². The molecule has 0 saturated heterocycles. The molecule has 0 radical (unpaired) electrons. The summed E-state index contributed by atoms with van der Waals surface area (Å²) >= 11 is 0. The predicted molar refractivity (Wildman–Crippen MR) is 47.6 cm³/mol. The fraction of sp³-hybridized carbons (Fsp3) is 0.625. The van der Waals surface area contributed by atoms with E-state index in [4.69, 9.17) is 7.10 Å². The third-order valence-electron chi connectivity index (χ3n) is 0.850. The predicted octanol–water partition coefficient (Wildman–Crippen LogP) is 0.369. The van der Waals surface area contributed by atoms with E-state index < -0.39 is 0 Å². The first kappa shape index (κ1) is 14.7. The summed E-state index contributed by atoms with van der Waals surface area (Å²) in [5.41, 5.74) is 5.23. The van der Waals surface area contributed by atoms with Crippen LogP contribution in [0, 0.1) is 19.9 Å². The van der Waals surface area contributed by atoms with Crippen molar-refractivity contribution in [3.05, 3.63) is 14.0 Å². The molecule has 0 heterocycles. The Bertz CT molecular complexity index is 110. The van der Waals surface area contributed by atoms with Crippen LogP contribution in [0.4, 0.5) is 0 Å². The summed E-state index contributed by atoms with van der Waals surface area (Å²) in [6, 6.07) is 0. The SMILES string of the molecule is [2H]CC(CN)CC([CH2-])=O.[CH2-]NC.[W+2]. The van der Waals surface area contributed by atoms with Gasteiger partial charge in [0.15, 0.2) is 0 Å². The third kappa shape index (κ3) is 22.5. The van der Waals surface area contributed by atoms with Crippen molar-refractivity contribution in [1.29, 1.82) is 0 Å². The van der Waals surface area contributed by atoms with Crippen LogP contribution in [0.3, 0.4) is 0 Å². The van der Waals surface area contributed by atoms with Crippen LogP contribution < -0.4 is 11.1 Å². The maximum atomic E-state index is 10.3. The van der Waals surface area contributed by atoms with Crippen molar-refractivity contribution in [2.24, 2.45) is 11.7 Å². The molecule has 4 heteroatoms. The normalized spacial score (nSPS) is 11.4. The van der Waals surface area contributed by atoms with Crippen LogP contribution in [-0.4, -0.2) is 19.4 Å². The Labute approximate surface area is 91.1 Å². The number of carbonyl (C=O) groups is 1.